The number of carbonyl (C=O) groups is 1. The van der Waals surface area contributed by atoms with Crippen LogP contribution < -0.4 is 9.64 Å². The van der Waals surface area contributed by atoms with Gasteiger partial charge < -0.3 is 19.1 Å². The summed E-state index contributed by atoms with van der Waals surface area (Å²) in [6.45, 7) is 4.73. The highest BCUT2D eigenvalue weighted by molar-refractivity contribution is 6.14. The van der Waals surface area contributed by atoms with Crippen molar-refractivity contribution in [1.82, 2.24) is 0 Å². The van der Waals surface area contributed by atoms with Crippen LogP contribution in [-0.4, -0.2) is 38.9 Å². The Bertz CT molecular complexity index is 1420. The highest BCUT2D eigenvalue weighted by Crippen LogP contribution is 2.50. The molecule has 0 spiro atoms. The van der Waals surface area contributed by atoms with Gasteiger partial charge in [0, 0.05) is 40.6 Å². The van der Waals surface area contributed by atoms with Crippen LogP contribution in [0.2, 0.25) is 0 Å². The number of rotatable bonds is 5. The number of morpholine rings is 1. The monoisotopic (exact) mass is 491 g/mol. The Morgan fingerprint density at radius 3 is 2.08 bits per heavy atom. The van der Waals surface area contributed by atoms with Crippen molar-refractivity contribution in [3.63, 3.8) is 0 Å². The first-order valence-electron chi connectivity index (χ1n) is 12.8. The molecule has 0 aliphatic carbocycles. The first-order valence-corrected chi connectivity index (χ1v) is 12.8. The topological polar surface area (TPSA) is 48.0 Å². The number of hydrogen-bond donors (Lipinski definition) is 0. The highest BCUT2D eigenvalue weighted by Gasteiger charge is 2.40. The van der Waals surface area contributed by atoms with Gasteiger partial charge in [-0.05, 0) is 19.1 Å². The quantitative estimate of drug-likeness (QED) is 0.311. The van der Waals surface area contributed by atoms with Crippen molar-refractivity contribution in [1.29, 1.82) is 0 Å². The van der Waals surface area contributed by atoms with E-state index in [0.29, 0.717) is 38.5 Å². The molecule has 0 N–H and O–H groups in total. The summed E-state index contributed by atoms with van der Waals surface area (Å²) in [5, 5.41) is 1.71. The van der Waals surface area contributed by atoms with Crippen LogP contribution in [0.3, 0.4) is 0 Å². The summed E-state index contributed by atoms with van der Waals surface area (Å²) in [5.74, 6) is 0.444. The number of benzene rings is 4. The third-order valence-corrected chi connectivity index (χ3v) is 7.14. The fraction of sp³-hybridized carbons (Fsp3) is 0.219. The molecule has 1 fully saturated rings. The molecule has 6 rings (SSSR count). The predicted octanol–water partition coefficient (Wildman–Crippen LogP) is 6.20. The van der Waals surface area contributed by atoms with Crippen molar-refractivity contribution in [2.75, 3.05) is 37.8 Å². The molecule has 0 aromatic heterocycles. The zero-order chi connectivity index (χ0) is 25.2. The van der Waals surface area contributed by atoms with E-state index in [9.17, 15) is 4.79 Å². The van der Waals surface area contributed by atoms with Crippen LogP contribution in [0, 0.1) is 0 Å². The van der Waals surface area contributed by atoms with Crippen molar-refractivity contribution in [3.05, 3.63) is 113 Å². The second-order valence-electron chi connectivity index (χ2n) is 9.23. The molecule has 37 heavy (non-hydrogen) atoms. The summed E-state index contributed by atoms with van der Waals surface area (Å²) in [6, 6.07) is 28.5. The second-order valence-corrected chi connectivity index (χ2v) is 9.23. The number of esters is 1. The van der Waals surface area contributed by atoms with Gasteiger partial charge in [0.25, 0.3) is 0 Å². The van der Waals surface area contributed by atoms with E-state index in [1.165, 1.54) is 0 Å². The third-order valence-electron chi connectivity index (χ3n) is 7.14. The zero-order valence-electron chi connectivity index (χ0n) is 20.9. The molecule has 186 valence electrons. The Hall–Kier alpha value is -4.09. The predicted molar refractivity (Wildman–Crippen MR) is 146 cm³/mol. The van der Waals surface area contributed by atoms with Gasteiger partial charge in [0.1, 0.15) is 5.75 Å². The summed E-state index contributed by atoms with van der Waals surface area (Å²) < 4.78 is 18.4. The maximum atomic E-state index is 13.4. The summed E-state index contributed by atoms with van der Waals surface area (Å²) in [5.41, 5.74) is 3.58. The Labute approximate surface area is 216 Å². The summed E-state index contributed by atoms with van der Waals surface area (Å²) in [7, 11) is 0. The molecule has 5 heteroatoms. The lowest BCUT2D eigenvalue weighted by atomic mass is 9.82. The van der Waals surface area contributed by atoms with Gasteiger partial charge in [0.15, 0.2) is 5.60 Å². The lowest BCUT2D eigenvalue weighted by Gasteiger charge is -2.39. The Morgan fingerprint density at radius 2 is 1.46 bits per heavy atom. The first kappa shape index (κ1) is 23.3. The largest absolute Gasteiger partial charge is 0.472 e. The smallest absolute Gasteiger partial charge is 0.340 e. The van der Waals surface area contributed by atoms with Crippen LogP contribution in [0.15, 0.2) is 91.0 Å². The molecule has 0 bridgehead atoms. The van der Waals surface area contributed by atoms with Crippen LogP contribution >= 0.6 is 0 Å². The van der Waals surface area contributed by atoms with Gasteiger partial charge in [0.2, 0.25) is 0 Å². The van der Waals surface area contributed by atoms with E-state index >= 15 is 0 Å². The van der Waals surface area contributed by atoms with Gasteiger partial charge in [-0.1, -0.05) is 84.9 Å². The molecule has 0 unspecified atom stereocenters. The van der Waals surface area contributed by atoms with E-state index in [2.05, 4.69) is 41.3 Å². The van der Waals surface area contributed by atoms with E-state index in [1.807, 2.05) is 67.6 Å². The number of carbonyl (C=O) groups excluding carboxylic acids is 1. The summed E-state index contributed by atoms with van der Waals surface area (Å²) in [4.78, 5) is 15.7. The van der Waals surface area contributed by atoms with E-state index < -0.39 is 5.60 Å². The fourth-order valence-corrected chi connectivity index (χ4v) is 5.45. The van der Waals surface area contributed by atoms with E-state index in [0.717, 1.165) is 38.9 Å². The van der Waals surface area contributed by atoms with E-state index in [4.69, 9.17) is 14.2 Å². The average Bonchev–Trinajstić information content (AvgIpc) is 2.97. The van der Waals surface area contributed by atoms with Gasteiger partial charge in [-0.15, -0.1) is 0 Å². The third kappa shape index (κ3) is 3.96. The van der Waals surface area contributed by atoms with Crippen LogP contribution in [0.25, 0.3) is 16.8 Å². The number of nitrogens with zero attached hydrogens (tertiary/aromatic N) is 1. The van der Waals surface area contributed by atoms with Gasteiger partial charge in [-0.2, -0.15) is 0 Å². The number of fused-ring (bicyclic) bond motifs is 3. The van der Waals surface area contributed by atoms with Crippen LogP contribution in [0.1, 0.15) is 34.0 Å². The normalized spacial score (nSPS) is 16.2. The van der Waals surface area contributed by atoms with Crippen molar-refractivity contribution < 1.29 is 19.0 Å². The molecule has 1 saturated heterocycles. The van der Waals surface area contributed by atoms with Gasteiger partial charge >= 0.3 is 5.97 Å². The molecule has 4 aromatic rings. The number of ether oxygens (including phenoxy) is 3. The Balaban J connectivity index is 1.65. The van der Waals surface area contributed by atoms with E-state index in [-0.39, 0.29) is 5.97 Å². The molecular weight excluding hydrogens is 462 g/mol. The van der Waals surface area contributed by atoms with Crippen molar-refractivity contribution in [3.8, 4) is 5.75 Å². The molecule has 2 aliphatic heterocycles. The molecular formula is C32H29NO4. The maximum absolute atomic E-state index is 13.4. The number of anilines is 1. The summed E-state index contributed by atoms with van der Waals surface area (Å²) >= 11 is 0. The van der Waals surface area contributed by atoms with Gasteiger partial charge in [0.05, 0.1) is 31.1 Å². The van der Waals surface area contributed by atoms with Crippen molar-refractivity contribution >= 4 is 28.5 Å². The molecule has 2 heterocycles. The minimum atomic E-state index is -0.813. The maximum Gasteiger partial charge on any atom is 0.340 e. The Morgan fingerprint density at radius 1 is 0.865 bits per heavy atom. The van der Waals surface area contributed by atoms with Crippen LogP contribution in [-0.2, 0) is 15.1 Å². The standard InChI is InChI=1S/C32H29NO4/c1-2-36-31(34)28-25-15-9-10-16-26(25)30-27(29(28)33-19-21-35-22-20-33)17-18-32(37-30,23-11-5-3-6-12-23)24-13-7-4-8-14-24/h3-18H,2,19-22H2,1H3. The summed E-state index contributed by atoms with van der Waals surface area (Å²) in [6.07, 6.45) is 4.24. The fourth-order valence-electron chi connectivity index (χ4n) is 5.45. The SMILES string of the molecule is CCOC(=O)c1c(N2CCOCC2)c2c(c3ccccc13)OC(c1ccccc1)(c1ccccc1)C=C2. The van der Waals surface area contributed by atoms with Gasteiger partial charge in [-0.3, -0.25) is 0 Å². The molecule has 5 nitrogen and oxygen atoms in total. The zero-order valence-corrected chi connectivity index (χ0v) is 20.9. The average molecular weight is 492 g/mol. The molecule has 0 atom stereocenters. The minimum Gasteiger partial charge on any atom is -0.472 e. The van der Waals surface area contributed by atoms with Crippen molar-refractivity contribution in [2.45, 2.75) is 12.5 Å². The molecule has 2 aliphatic rings. The minimum absolute atomic E-state index is 0.310. The number of hydrogen-bond acceptors (Lipinski definition) is 5. The van der Waals surface area contributed by atoms with Gasteiger partial charge in [-0.25, -0.2) is 4.79 Å². The molecule has 0 amide bonds. The molecule has 0 saturated carbocycles. The van der Waals surface area contributed by atoms with Crippen LogP contribution in [0.4, 0.5) is 5.69 Å². The molecule has 4 aromatic carbocycles. The Kier molecular flexibility index (Phi) is 6.15. The first-order chi connectivity index (χ1) is 18.2. The molecule has 0 radical (unpaired) electrons. The van der Waals surface area contributed by atoms with Crippen molar-refractivity contribution in [2.24, 2.45) is 0 Å². The van der Waals surface area contributed by atoms with E-state index in [1.54, 1.807) is 0 Å². The van der Waals surface area contributed by atoms with Crippen LogP contribution in [0.5, 0.6) is 5.75 Å². The highest BCUT2D eigenvalue weighted by atomic mass is 16.5. The lowest BCUT2D eigenvalue weighted by Crippen LogP contribution is -2.39. The lowest BCUT2D eigenvalue weighted by molar-refractivity contribution is 0.0528. The second kappa shape index (κ2) is 9.75.